The highest BCUT2D eigenvalue weighted by molar-refractivity contribution is 6.33. The zero-order chi connectivity index (χ0) is 14.2. The van der Waals surface area contributed by atoms with E-state index in [0.717, 1.165) is 25.9 Å². The highest BCUT2D eigenvalue weighted by Gasteiger charge is 2.39. The van der Waals surface area contributed by atoms with E-state index >= 15 is 0 Å². The molecular formula is C14H15ClFN3O. The molecule has 6 heteroatoms. The van der Waals surface area contributed by atoms with E-state index in [-0.39, 0.29) is 16.3 Å². The molecule has 1 aliphatic heterocycles. The fraction of sp³-hybridized carbons (Fsp3) is 0.429. The number of aromatic nitrogens is 2. The Morgan fingerprint density at radius 3 is 3.00 bits per heavy atom. The van der Waals surface area contributed by atoms with Crippen molar-refractivity contribution in [1.82, 2.24) is 15.5 Å². The second-order valence-corrected chi connectivity index (χ2v) is 5.52. The van der Waals surface area contributed by atoms with Crippen LogP contribution in [0.15, 0.2) is 22.7 Å². The maximum absolute atomic E-state index is 13.1. The lowest BCUT2D eigenvalue weighted by atomic mass is 9.84. The van der Waals surface area contributed by atoms with Gasteiger partial charge < -0.3 is 9.84 Å². The van der Waals surface area contributed by atoms with Crippen molar-refractivity contribution in [2.24, 2.45) is 0 Å². The number of nitrogens with zero attached hydrogens (tertiary/aromatic N) is 2. The van der Waals surface area contributed by atoms with Crippen molar-refractivity contribution in [3.05, 3.63) is 34.9 Å². The number of hydrogen-bond donors (Lipinski definition) is 1. The van der Waals surface area contributed by atoms with Crippen LogP contribution in [0, 0.1) is 5.82 Å². The lowest BCUT2D eigenvalue weighted by molar-refractivity contribution is 0.285. The van der Waals surface area contributed by atoms with Gasteiger partial charge in [-0.05, 0) is 37.6 Å². The van der Waals surface area contributed by atoms with Crippen LogP contribution in [0.1, 0.15) is 25.7 Å². The molecule has 1 saturated heterocycles. The summed E-state index contributed by atoms with van der Waals surface area (Å²) < 4.78 is 18.5. The van der Waals surface area contributed by atoms with Crippen LogP contribution in [-0.4, -0.2) is 23.2 Å². The van der Waals surface area contributed by atoms with Crippen LogP contribution in [-0.2, 0) is 5.41 Å². The van der Waals surface area contributed by atoms with E-state index in [2.05, 4.69) is 22.4 Å². The normalized spacial score (nSPS) is 22.4. The van der Waals surface area contributed by atoms with Crippen LogP contribution in [0.3, 0.4) is 0 Å². The van der Waals surface area contributed by atoms with Crippen LogP contribution in [0.4, 0.5) is 4.39 Å². The molecule has 1 fully saturated rings. The summed E-state index contributed by atoms with van der Waals surface area (Å²) >= 11 is 6.03. The third-order valence-electron chi connectivity index (χ3n) is 3.97. The first-order chi connectivity index (χ1) is 9.64. The fourth-order valence-electron chi connectivity index (χ4n) is 2.60. The third kappa shape index (κ3) is 2.21. The molecule has 4 nitrogen and oxygen atoms in total. The molecule has 0 bridgehead atoms. The first kappa shape index (κ1) is 13.5. The van der Waals surface area contributed by atoms with E-state index in [1.165, 1.54) is 12.1 Å². The van der Waals surface area contributed by atoms with E-state index in [0.29, 0.717) is 17.3 Å². The molecule has 20 heavy (non-hydrogen) atoms. The zero-order valence-corrected chi connectivity index (χ0v) is 11.9. The van der Waals surface area contributed by atoms with Crippen molar-refractivity contribution in [3.63, 3.8) is 0 Å². The molecule has 3 rings (SSSR count). The van der Waals surface area contributed by atoms with Gasteiger partial charge in [-0.25, -0.2) is 4.39 Å². The van der Waals surface area contributed by atoms with E-state index < -0.39 is 0 Å². The summed E-state index contributed by atoms with van der Waals surface area (Å²) in [5.41, 5.74) is 0.484. The molecule has 1 aliphatic rings. The maximum atomic E-state index is 13.1. The molecule has 0 amide bonds. The van der Waals surface area contributed by atoms with Gasteiger partial charge in [-0.2, -0.15) is 4.98 Å². The molecule has 1 unspecified atom stereocenters. The summed E-state index contributed by atoms with van der Waals surface area (Å²) in [6.07, 6.45) is 1.90. The Morgan fingerprint density at radius 1 is 1.50 bits per heavy atom. The molecule has 0 aliphatic carbocycles. The molecule has 1 aromatic carbocycles. The Bertz CT molecular complexity index is 623. The van der Waals surface area contributed by atoms with Gasteiger partial charge in [-0.1, -0.05) is 23.7 Å². The number of halogens is 2. The second-order valence-electron chi connectivity index (χ2n) is 5.11. The van der Waals surface area contributed by atoms with Crippen molar-refractivity contribution in [2.75, 3.05) is 13.1 Å². The minimum Gasteiger partial charge on any atom is -0.338 e. The minimum atomic E-state index is -0.382. The van der Waals surface area contributed by atoms with Crippen molar-refractivity contribution < 1.29 is 8.91 Å². The Labute approximate surface area is 121 Å². The van der Waals surface area contributed by atoms with Crippen molar-refractivity contribution in [3.8, 4) is 11.4 Å². The Hall–Kier alpha value is -1.46. The van der Waals surface area contributed by atoms with Gasteiger partial charge in [0.2, 0.25) is 11.7 Å². The predicted octanol–water partition coefficient (Wildman–Crippen LogP) is 3.17. The van der Waals surface area contributed by atoms with E-state index in [1.807, 2.05) is 0 Å². The number of benzene rings is 1. The van der Waals surface area contributed by atoms with Crippen molar-refractivity contribution >= 4 is 11.6 Å². The van der Waals surface area contributed by atoms with Gasteiger partial charge in [0.15, 0.2) is 0 Å². The van der Waals surface area contributed by atoms with Crippen molar-refractivity contribution in [1.29, 1.82) is 0 Å². The van der Waals surface area contributed by atoms with Gasteiger partial charge in [0.05, 0.1) is 10.4 Å². The van der Waals surface area contributed by atoms with Crippen LogP contribution >= 0.6 is 11.6 Å². The third-order valence-corrected chi connectivity index (χ3v) is 4.28. The summed E-state index contributed by atoms with van der Waals surface area (Å²) in [4.78, 5) is 4.47. The van der Waals surface area contributed by atoms with Crippen molar-refractivity contribution in [2.45, 2.75) is 25.2 Å². The molecule has 0 radical (unpaired) electrons. The summed E-state index contributed by atoms with van der Waals surface area (Å²) in [6, 6.07) is 4.15. The largest absolute Gasteiger partial charge is 0.338 e. The molecule has 2 aromatic rings. The Balaban J connectivity index is 1.97. The first-order valence-corrected chi connectivity index (χ1v) is 7.03. The van der Waals surface area contributed by atoms with Crippen LogP contribution in [0.2, 0.25) is 5.02 Å². The lowest BCUT2D eigenvalue weighted by Crippen LogP contribution is -2.28. The van der Waals surface area contributed by atoms with Gasteiger partial charge in [0.1, 0.15) is 5.82 Å². The molecule has 0 saturated carbocycles. The summed E-state index contributed by atoms with van der Waals surface area (Å²) in [7, 11) is 0. The van der Waals surface area contributed by atoms with E-state index in [4.69, 9.17) is 16.1 Å². The average molecular weight is 296 g/mol. The lowest BCUT2D eigenvalue weighted by Gasteiger charge is -2.20. The zero-order valence-electron chi connectivity index (χ0n) is 11.1. The highest BCUT2D eigenvalue weighted by atomic mass is 35.5. The monoisotopic (exact) mass is 295 g/mol. The maximum Gasteiger partial charge on any atom is 0.234 e. The number of hydrogen-bond acceptors (Lipinski definition) is 4. The van der Waals surface area contributed by atoms with Gasteiger partial charge in [0.25, 0.3) is 0 Å². The Morgan fingerprint density at radius 2 is 2.35 bits per heavy atom. The predicted molar refractivity (Wildman–Crippen MR) is 74.2 cm³/mol. The topological polar surface area (TPSA) is 51.0 Å². The Kier molecular flexibility index (Phi) is 3.48. The van der Waals surface area contributed by atoms with Crippen LogP contribution < -0.4 is 5.32 Å². The molecule has 1 N–H and O–H groups in total. The standard InChI is InChI=1S/C14H15ClFN3O/c1-2-14(5-6-17-8-14)13-18-12(19-20-13)10-4-3-9(16)7-11(10)15/h3-4,7,17H,2,5-6,8H2,1H3. The van der Waals surface area contributed by atoms with Crippen LogP contribution in [0.25, 0.3) is 11.4 Å². The highest BCUT2D eigenvalue weighted by Crippen LogP contribution is 2.35. The van der Waals surface area contributed by atoms with Gasteiger partial charge in [-0.15, -0.1) is 0 Å². The summed E-state index contributed by atoms with van der Waals surface area (Å²) in [5.74, 6) is 0.651. The smallest absolute Gasteiger partial charge is 0.234 e. The molecule has 1 aromatic heterocycles. The minimum absolute atomic E-state index is 0.0994. The first-order valence-electron chi connectivity index (χ1n) is 6.65. The fourth-order valence-corrected chi connectivity index (χ4v) is 2.85. The molecule has 0 spiro atoms. The van der Waals surface area contributed by atoms with Gasteiger partial charge in [0, 0.05) is 12.1 Å². The van der Waals surface area contributed by atoms with E-state index in [9.17, 15) is 4.39 Å². The van der Waals surface area contributed by atoms with Crippen LogP contribution in [0.5, 0.6) is 0 Å². The number of nitrogens with one attached hydrogen (secondary N) is 1. The van der Waals surface area contributed by atoms with Gasteiger partial charge in [-0.3, -0.25) is 0 Å². The molecule has 106 valence electrons. The average Bonchev–Trinajstić information content (AvgIpc) is 3.08. The SMILES string of the molecule is CCC1(c2nc(-c3ccc(F)cc3Cl)no2)CCNC1. The molecule has 2 heterocycles. The summed E-state index contributed by atoms with van der Waals surface area (Å²) in [6.45, 7) is 3.90. The summed E-state index contributed by atoms with van der Waals surface area (Å²) in [5, 5.41) is 7.61. The molecular weight excluding hydrogens is 281 g/mol. The quantitative estimate of drug-likeness (QED) is 0.945. The second kappa shape index (κ2) is 5.14. The number of rotatable bonds is 3. The molecule has 1 atom stereocenters. The van der Waals surface area contributed by atoms with E-state index in [1.54, 1.807) is 6.07 Å². The van der Waals surface area contributed by atoms with Gasteiger partial charge >= 0.3 is 0 Å².